The third kappa shape index (κ3) is 6.54. The van der Waals surface area contributed by atoms with Gasteiger partial charge in [-0.1, -0.05) is 42.5 Å². The fourth-order valence-electron chi connectivity index (χ4n) is 4.65. The minimum atomic E-state index is -1.19. The number of aromatic nitrogens is 1. The topological polar surface area (TPSA) is 105 Å². The molecule has 1 aromatic heterocycles. The first-order valence-corrected chi connectivity index (χ1v) is 14.0. The van der Waals surface area contributed by atoms with Crippen molar-refractivity contribution in [3.63, 3.8) is 0 Å². The van der Waals surface area contributed by atoms with Gasteiger partial charge in [-0.25, -0.2) is 9.59 Å². The van der Waals surface area contributed by atoms with Crippen molar-refractivity contribution in [2.24, 2.45) is 0 Å². The Morgan fingerprint density at radius 3 is 2.12 bits per heavy atom. The highest BCUT2D eigenvalue weighted by Crippen LogP contribution is 2.41. The van der Waals surface area contributed by atoms with Crippen LogP contribution in [0.2, 0.25) is 0 Å². The highest BCUT2D eigenvalue weighted by molar-refractivity contribution is 9.10. The van der Waals surface area contributed by atoms with Crippen molar-refractivity contribution in [3.05, 3.63) is 93.7 Å². The van der Waals surface area contributed by atoms with Crippen molar-refractivity contribution in [2.75, 3.05) is 27.9 Å². The average Bonchev–Trinajstić information content (AvgIpc) is 3.31. The van der Waals surface area contributed by atoms with Crippen LogP contribution >= 0.6 is 15.9 Å². The predicted molar refractivity (Wildman–Crippen MR) is 161 cm³/mol. The zero-order valence-corrected chi connectivity index (χ0v) is 25.4. The van der Waals surface area contributed by atoms with Crippen LogP contribution in [0.3, 0.4) is 0 Å². The first-order valence-electron chi connectivity index (χ1n) is 13.2. The Labute approximate surface area is 252 Å². The monoisotopic (exact) mass is 637 g/mol. The third-order valence-corrected chi connectivity index (χ3v) is 7.41. The Hall–Kier alpha value is -4.44. The summed E-state index contributed by atoms with van der Waals surface area (Å²) >= 11 is 3.49. The number of carboxylic acids is 1. The van der Waals surface area contributed by atoms with Crippen LogP contribution < -0.4 is 18.9 Å². The van der Waals surface area contributed by atoms with Crippen LogP contribution in [0, 0.1) is 0 Å². The molecule has 0 spiro atoms. The Balaban J connectivity index is 1.77. The van der Waals surface area contributed by atoms with Crippen molar-refractivity contribution >= 4 is 27.9 Å². The summed E-state index contributed by atoms with van der Waals surface area (Å²) in [5, 5.41) is 10.2. The lowest BCUT2D eigenvalue weighted by Crippen LogP contribution is -2.18. The van der Waals surface area contributed by atoms with Gasteiger partial charge in [-0.2, -0.15) is 0 Å². The molecular formula is C32H32BrNO8. The zero-order chi connectivity index (χ0) is 30.2. The number of hydrogen-bond acceptors (Lipinski definition) is 7. The summed E-state index contributed by atoms with van der Waals surface area (Å²) in [6, 6.07) is 20.4. The lowest BCUT2D eigenvalue weighted by atomic mass is 10.0. The van der Waals surface area contributed by atoms with E-state index in [1.54, 1.807) is 45.4 Å². The fourth-order valence-corrected chi connectivity index (χ4v) is 5.45. The Morgan fingerprint density at radius 1 is 0.810 bits per heavy atom. The maximum atomic E-state index is 13.4. The number of aryl methyl sites for hydroxylation is 1. The third-order valence-electron chi connectivity index (χ3n) is 6.64. The largest absolute Gasteiger partial charge is 0.493 e. The maximum Gasteiger partial charge on any atom is 0.355 e. The van der Waals surface area contributed by atoms with Crippen LogP contribution in [-0.4, -0.2) is 49.5 Å². The van der Waals surface area contributed by atoms with Gasteiger partial charge in [0.25, 0.3) is 0 Å². The SMILES string of the molecule is CCOC(=O)c1c(-c2ccc(OCc3ccccc3)c(OC)c2)c(Br)c(C(=O)O)n1CCc1ccc(OC)c(OC)c1. The number of nitrogens with zero attached hydrogens (tertiary/aromatic N) is 1. The van der Waals surface area contributed by atoms with E-state index in [-0.39, 0.29) is 29.0 Å². The van der Waals surface area contributed by atoms with E-state index in [0.29, 0.717) is 47.2 Å². The number of carbonyl (C=O) groups is 2. The standard InChI is InChI=1S/C32H32BrNO8/c1-5-41-32(37)29-27(22-12-14-24(26(18-22)40-4)42-19-21-9-7-6-8-10-21)28(33)30(31(35)36)34(29)16-15-20-11-13-23(38-2)25(17-20)39-3/h6-14,17-18H,5,15-16,19H2,1-4H3,(H,35,36). The second-order valence-corrected chi connectivity index (χ2v) is 9.94. The summed E-state index contributed by atoms with van der Waals surface area (Å²) in [6.07, 6.45) is 0.406. The van der Waals surface area contributed by atoms with Crippen LogP contribution in [0.25, 0.3) is 11.1 Å². The van der Waals surface area contributed by atoms with Gasteiger partial charge in [-0.15, -0.1) is 0 Å². The Bertz CT molecular complexity index is 1560. The summed E-state index contributed by atoms with van der Waals surface area (Å²) in [5.41, 5.74) is 2.84. The molecule has 220 valence electrons. The molecular weight excluding hydrogens is 606 g/mol. The van der Waals surface area contributed by atoms with Gasteiger partial charge in [0.1, 0.15) is 18.0 Å². The second kappa shape index (κ2) is 14.0. The first kappa shape index (κ1) is 30.5. The molecule has 1 heterocycles. The Kier molecular flexibility index (Phi) is 10.1. The summed E-state index contributed by atoms with van der Waals surface area (Å²) < 4.78 is 29.5. The molecule has 0 unspecified atom stereocenters. The lowest BCUT2D eigenvalue weighted by molar-refractivity contribution is 0.0514. The predicted octanol–water partition coefficient (Wildman–Crippen LogP) is 6.64. The maximum absolute atomic E-state index is 13.4. The molecule has 10 heteroatoms. The molecule has 9 nitrogen and oxygen atoms in total. The normalized spacial score (nSPS) is 10.7. The minimum absolute atomic E-state index is 0.0723. The van der Waals surface area contributed by atoms with E-state index in [9.17, 15) is 14.7 Å². The first-order chi connectivity index (χ1) is 20.3. The van der Waals surface area contributed by atoms with Gasteiger partial charge in [0.15, 0.2) is 23.0 Å². The number of ether oxygens (including phenoxy) is 5. The van der Waals surface area contributed by atoms with E-state index in [0.717, 1.165) is 11.1 Å². The van der Waals surface area contributed by atoms with E-state index in [1.807, 2.05) is 42.5 Å². The number of carbonyl (C=O) groups excluding carboxylic acids is 1. The van der Waals surface area contributed by atoms with E-state index < -0.39 is 11.9 Å². The molecule has 0 aliphatic rings. The molecule has 0 bridgehead atoms. The second-order valence-electron chi connectivity index (χ2n) is 9.14. The molecule has 0 radical (unpaired) electrons. The van der Waals surface area contributed by atoms with Crippen molar-refractivity contribution in [2.45, 2.75) is 26.5 Å². The van der Waals surface area contributed by atoms with Crippen molar-refractivity contribution < 1.29 is 38.4 Å². The summed E-state index contributed by atoms with van der Waals surface area (Å²) in [5.74, 6) is 0.230. The molecule has 4 rings (SSSR count). The molecule has 3 aromatic carbocycles. The van der Waals surface area contributed by atoms with Crippen LogP contribution in [0.4, 0.5) is 0 Å². The van der Waals surface area contributed by atoms with Gasteiger partial charge >= 0.3 is 11.9 Å². The van der Waals surface area contributed by atoms with Crippen molar-refractivity contribution in [1.29, 1.82) is 0 Å². The highest BCUT2D eigenvalue weighted by Gasteiger charge is 2.31. The number of halogens is 1. The number of carboxylic acid groups (broad SMARTS) is 1. The van der Waals surface area contributed by atoms with Crippen LogP contribution in [0.15, 0.2) is 71.2 Å². The molecule has 4 aromatic rings. The molecule has 0 atom stereocenters. The van der Waals surface area contributed by atoms with Gasteiger partial charge in [0.05, 0.1) is 32.4 Å². The number of hydrogen-bond donors (Lipinski definition) is 1. The molecule has 0 saturated heterocycles. The van der Waals surface area contributed by atoms with Gasteiger partial charge in [-0.05, 0) is 70.2 Å². The summed E-state index contributed by atoms with van der Waals surface area (Å²) in [4.78, 5) is 25.9. The number of esters is 1. The summed E-state index contributed by atoms with van der Waals surface area (Å²) in [7, 11) is 4.62. The fraction of sp³-hybridized carbons (Fsp3) is 0.250. The molecule has 0 aliphatic heterocycles. The molecule has 1 N–H and O–H groups in total. The van der Waals surface area contributed by atoms with Crippen LogP contribution in [0.1, 0.15) is 39.0 Å². The molecule has 0 amide bonds. The highest BCUT2D eigenvalue weighted by atomic mass is 79.9. The quantitative estimate of drug-likeness (QED) is 0.163. The van der Waals surface area contributed by atoms with Crippen molar-refractivity contribution in [3.8, 4) is 34.1 Å². The molecule has 0 aliphatic carbocycles. The molecule has 0 fully saturated rings. The summed E-state index contributed by atoms with van der Waals surface area (Å²) in [6.45, 7) is 2.33. The van der Waals surface area contributed by atoms with Gasteiger partial charge in [-0.3, -0.25) is 0 Å². The van der Waals surface area contributed by atoms with Crippen LogP contribution in [0.5, 0.6) is 23.0 Å². The number of aromatic carboxylic acids is 1. The van der Waals surface area contributed by atoms with E-state index in [4.69, 9.17) is 23.7 Å². The van der Waals surface area contributed by atoms with Gasteiger partial charge in [0, 0.05) is 12.1 Å². The smallest absolute Gasteiger partial charge is 0.355 e. The minimum Gasteiger partial charge on any atom is -0.493 e. The average molecular weight is 639 g/mol. The van der Waals surface area contributed by atoms with Gasteiger partial charge in [0.2, 0.25) is 0 Å². The number of methoxy groups -OCH3 is 3. The number of rotatable bonds is 13. The number of benzene rings is 3. The van der Waals surface area contributed by atoms with Crippen LogP contribution in [-0.2, 0) is 24.3 Å². The van der Waals surface area contributed by atoms with Crippen molar-refractivity contribution in [1.82, 2.24) is 4.57 Å². The molecule has 42 heavy (non-hydrogen) atoms. The lowest BCUT2D eigenvalue weighted by Gasteiger charge is -2.15. The Morgan fingerprint density at radius 2 is 1.48 bits per heavy atom. The molecule has 0 saturated carbocycles. The van der Waals surface area contributed by atoms with E-state index in [2.05, 4.69) is 15.9 Å². The van der Waals surface area contributed by atoms with E-state index >= 15 is 0 Å². The van der Waals surface area contributed by atoms with Gasteiger partial charge < -0.3 is 33.4 Å². The van der Waals surface area contributed by atoms with E-state index in [1.165, 1.54) is 11.7 Å². The zero-order valence-electron chi connectivity index (χ0n) is 23.8.